The van der Waals surface area contributed by atoms with Crippen LogP contribution in [0.2, 0.25) is 0 Å². The molecule has 2 saturated heterocycles. The van der Waals surface area contributed by atoms with Gasteiger partial charge in [-0.3, -0.25) is 0 Å². The SMILES string of the molecule is O=C1OC(=O)C1C#CC1C(=O)OC1=O. The van der Waals surface area contributed by atoms with E-state index in [1.54, 1.807) is 0 Å². The molecule has 2 rings (SSSR count). The predicted octanol–water partition coefficient (Wildman–Crippen LogP) is -1.61. The van der Waals surface area contributed by atoms with Crippen LogP contribution >= 0.6 is 0 Å². The average Bonchev–Trinajstić information content (AvgIpc) is 2.12. The smallest absolute Gasteiger partial charge is 0.340 e. The average molecular weight is 194 g/mol. The molecule has 0 spiro atoms. The number of cyclic esters (lactones) is 4. The molecule has 2 aliphatic heterocycles. The van der Waals surface area contributed by atoms with E-state index in [0.29, 0.717) is 0 Å². The van der Waals surface area contributed by atoms with Gasteiger partial charge < -0.3 is 9.47 Å². The monoisotopic (exact) mass is 194 g/mol. The van der Waals surface area contributed by atoms with E-state index < -0.39 is 35.7 Å². The lowest BCUT2D eigenvalue weighted by molar-refractivity contribution is -0.182. The van der Waals surface area contributed by atoms with E-state index in [9.17, 15) is 19.2 Å². The van der Waals surface area contributed by atoms with Crippen LogP contribution in [-0.4, -0.2) is 23.9 Å². The van der Waals surface area contributed by atoms with Gasteiger partial charge in [0.15, 0.2) is 0 Å². The van der Waals surface area contributed by atoms with E-state index in [0.717, 1.165) is 0 Å². The van der Waals surface area contributed by atoms with Crippen molar-refractivity contribution in [3.8, 4) is 11.8 Å². The standard InChI is InChI=1S/C8H2O6/c9-5-3(6(10)13-5)1-2-4-7(11)14-8(4)12/h3-4H. The Hall–Kier alpha value is -2.16. The van der Waals surface area contributed by atoms with E-state index in [1.165, 1.54) is 0 Å². The molecular weight excluding hydrogens is 192 g/mol. The van der Waals surface area contributed by atoms with Gasteiger partial charge in [0, 0.05) is 0 Å². The number of rotatable bonds is 0. The normalized spacial score (nSPS) is 21.4. The Morgan fingerprint density at radius 1 is 0.714 bits per heavy atom. The molecule has 2 heterocycles. The van der Waals surface area contributed by atoms with Gasteiger partial charge in [0.2, 0.25) is 11.8 Å². The van der Waals surface area contributed by atoms with Gasteiger partial charge in [0.25, 0.3) is 0 Å². The van der Waals surface area contributed by atoms with Crippen LogP contribution in [0.3, 0.4) is 0 Å². The molecule has 0 aromatic carbocycles. The molecular formula is C8H2O6. The zero-order valence-corrected chi connectivity index (χ0v) is 6.60. The Bertz CT molecular complexity index is 357. The molecule has 0 aliphatic carbocycles. The summed E-state index contributed by atoms with van der Waals surface area (Å²) >= 11 is 0. The topological polar surface area (TPSA) is 86.7 Å². The Morgan fingerprint density at radius 3 is 1.21 bits per heavy atom. The van der Waals surface area contributed by atoms with Gasteiger partial charge in [-0.1, -0.05) is 11.8 Å². The van der Waals surface area contributed by atoms with Crippen molar-refractivity contribution in [3.63, 3.8) is 0 Å². The molecule has 2 fully saturated rings. The van der Waals surface area contributed by atoms with Crippen LogP contribution < -0.4 is 0 Å². The minimum absolute atomic E-state index is 0.761. The van der Waals surface area contributed by atoms with Gasteiger partial charge in [0.05, 0.1) is 0 Å². The van der Waals surface area contributed by atoms with Crippen molar-refractivity contribution in [1.29, 1.82) is 0 Å². The van der Waals surface area contributed by atoms with Crippen LogP contribution in [0.4, 0.5) is 0 Å². The first-order valence-corrected chi connectivity index (χ1v) is 3.62. The third kappa shape index (κ3) is 1.07. The number of hydrogen-bond acceptors (Lipinski definition) is 6. The highest BCUT2D eigenvalue weighted by molar-refractivity contribution is 6.14. The molecule has 6 heteroatoms. The summed E-state index contributed by atoms with van der Waals surface area (Å²) in [6, 6.07) is 0. The zero-order valence-electron chi connectivity index (χ0n) is 6.60. The van der Waals surface area contributed by atoms with Gasteiger partial charge in [-0.15, -0.1) is 0 Å². The van der Waals surface area contributed by atoms with Crippen LogP contribution in [0, 0.1) is 23.7 Å². The molecule has 0 N–H and O–H groups in total. The fourth-order valence-electron chi connectivity index (χ4n) is 0.913. The number of carbonyl (C=O) groups is 4. The van der Waals surface area contributed by atoms with Crippen molar-refractivity contribution in [2.24, 2.45) is 11.8 Å². The molecule has 2 aliphatic rings. The summed E-state index contributed by atoms with van der Waals surface area (Å²) in [5.74, 6) is -0.987. The van der Waals surface area contributed by atoms with Crippen molar-refractivity contribution in [1.82, 2.24) is 0 Å². The summed E-state index contributed by atoms with van der Waals surface area (Å²) in [5, 5.41) is 0. The van der Waals surface area contributed by atoms with E-state index in [4.69, 9.17) is 0 Å². The third-order valence-corrected chi connectivity index (χ3v) is 1.72. The summed E-state index contributed by atoms with van der Waals surface area (Å²) in [6.45, 7) is 0. The van der Waals surface area contributed by atoms with Crippen molar-refractivity contribution >= 4 is 23.9 Å². The van der Waals surface area contributed by atoms with Crippen LogP contribution in [0.15, 0.2) is 0 Å². The highest BCUT2D eigenvalue weighted by Gasteiger charge is 2.43. The van der Waals surface area contributed by atoms with Crippen LogP contribution in [0.25, 0.3) is 0 Å². The second-order valence-electron chi connectivity index (χ2n) is 2.63. The lowest BCUT2D eigenvalue weighted by Crippen LogP contribution is -2.42. The maximum atomic E-state index is 10.6. The highest BCUT2D eigenvalue weighted by atomic mass is 16.6. The quantitative estimate of drug-likeness (QED) is 0.262. The van der Waals surface area contributed by atoms with Crippen molar-refractivity contribution < 1.29 is 28.7 Å². The number of hydrogen-bond donors (Lipinski definition) is 0. The van der Waals surface area contributed by atoms with Crippen LogP contribution in [-0.2, 0) is 28.7 Å². The first-order valence-electron chi connectivity index (χ1n) is 3.62. The molecule has 14 heavy (non-hydrogen) atoms. The van der Waals surface area contributed by atoms with Crippen molar-refractivity contribution in [2.45, 2.75) is 0 Å². The fourth-order valence-corrected chi connectivity index (χ4v) is 0.913. The molecule has 0 amide bonds. The summed E-state index contributed by atoms with van der Waals surface area (Å²) < 4.78 is 8.02. The Kier molecular flexibility index (Phi) is 1.61. The largest absolute Gasteiger partial charge is 0.390 e. The van der Waals surface area contributed by atoms with Crippen molar-refractivity contribution in [2.75, 3.05) is 0 Å². The maximum absolute atomic E-state index is 10.6. The molecule has 6 nitrogen and oxygen atoms in total. The molecule has 0 radical (unpaired) electrons. The summed E-state index contributed by atoms with van der Waals surface area (Å²) in [7, 11) is 0. The minimum atomic E-state index is -1.16. The first kappa shape index (κ1) is 8.44. The third-order valence-electron chi connectivity index (χ3n) is 1.72. The minimum Gasteiger partial charge on any atom is -0.390 e. The molecule has 0 aromatic heterocycles. The molecule has 0 unspecified atom stereocenters. The second kappa shape index (κ2) is 2.67. The molecule has 0 atom stereocenters. The summed E-state index contributed by atoms with van der Waals surface area (Å²) in [6.07, 6.45) is 0. The molecule has 0 aromatic rings. The maximum Gasteiger partial charge on any atom is 0.340 e. The van der Waals surface area contributed by atoms with Crippen LogP contribution in [0.5, 0.6) is 0 Å². The second-order valence-corrected chi connectivity index (χ2v) is 2.63. The van der Waals surface area contributed by atoms with E-state index in [2.05, 4.69) is 21.3 Å². The lowest BCUT2D eigenvalue weighted by Gasteiger charge is -2.18. The molecule has 0 saturated carbocycles. The van der Waals surface area contributed by atoms with Gasteiger partial charge in [-0.2, -0.15) is 0 Å². The van der Waals surface area contributed by atoms with Gasteiger partial charge >= 0.3 is 23.9 Å². The fraction of sp³-hybridized carbons (Fsp3) is 0.250. The lowest BCUT2D eigenvalue weighted by atomic mass is 10.0. The van der Waals surface area contributed by atoms with E-state index in [-0.39, 0.29) is 0 Å². The number of carbonyl (C=O) groups excluding carboxylic acids is 4. The van der Waals surface area contributed by atoms with Gasteiger partial charge in [-0.25, -0.2) is 19.2 Å². The van der Waals surface area contributed by atoms with E-state index in [1.807, 2.05) is 0 Å². The zero-order chi connectivity index (χ0) is 10.3. The first-order chi connectivity index (χ1) is 6.59. The summed E-state index contributed by atoms with van der Waals surface area (Å²) in [4.78, 5) is 42.3. The van der Waals surface area contributed by atoms with Gasteiger partial charge in [-0.05, 0) is 0 Å². The molecule has 70 valence electrons. The van der Waals surface area contributed by atoms with Gasteiger partial charge in [0.1, 0.15) is 0 Å². The predicted molar refractivity (Wildman–Crippen MR) is 37.0 cm³/mol. The van der Waals surface area contributed by atoms with Crippen LogP contribution in [0.1, 0.15) is 0 Å². The van der Waals surface area contributed by atoms with E-state index >= 15 is 0 Å². The number of esters is 4. The van der Waals surface area contributed by atoms with Crippen molar-refractivity contribution in [3.05, 3.63) is 0 Å². The Labute approximate surface area is 77.2 Å². The molecule has 0 bridgehead atoms. The Balaban J connectivity index is 2.06. The highest BCUT2D eigenvalue weighted by Crippen LogP contribution is 2.16. The Morgan fingerprint density at radius 2 is 1.00 bits per heavy atom. The number of ether oxygens (including phenoxy) is 2. The summed E-state index contributed by atoms with van der Waals surface area (Å²) in [5.41, 5.74) is 0.